The summed E-state index contributed by atoms with van der Waals surface area (Å²) >= 11 is 0. The van der Waals surface area contributed by atoms with Crippen molar-refractivity contribution in [2.45, 2.75) is 44.4 Å². The smallest absolute Gasteiger partial charge is 0.341 e. The lowest BCUT2D eigenvalue weighted by Crippen LogP contribution is -2.61. The Bertz CT molecular complexity index is 480. The van der Waals surface area contributed by atoms with Gasteiger partial charge in [0.2, 0.25) is 5.91 Å². The third kappa shape index (κ3) is 5.29. The van der Waals surface area contributed by atoms with Gasteiger partial charge >= 0.3 is 18.1 Å². The molecule has 1 saturated heterocycles. The highest BCUT2D eigenvalue weighted by molar-refractivity contribution is 5.92. The molecule has 1 heterocycles. The number of nitrogens with one attached hydrogen (secondary N) is 3. The molecule has 1 aliphatic heterocycles. The largest absolute Gasteiger partial charge is 0.471 e. The number of alkyl halides is 3. The summed E-state index contributed by atoms with van der Waals surface area (Å²) < 4.78 is 37.0. The molecule has 4 amide bonds. The molecule has 1 rings (SSSR count). The summed E-state index contributed by atoms with van der Waals surface area (Å²) in [5.41, 5.74) is -1.69. The summed E-state index contributed by atoms with van der Waals surface area (Å²) in [5.74, 6) is -2.79. The van der Waals surface area contributed by atoms with Crippen molar-refractivity contribution >= 4 is 17.8 Å². The van der Waals surface area contributed by atoms with E-state index >= 15 is 0 Å². The number of urea groups is 1. The lowest BCUT2D eigenvalue weighted by atomic mass is 9.99. The Balaban J connectivity index is 2.71. The van der Waals surface area contributed by atoms with Crippen LogP contribution in [0.2, 0.25) is 0 Å². The highest BCUT2D eigenvalue weighted by Gasteiger charge is 2.44. The summed E-state index contributed by atoms with van der Waals surface area (Å²) in [6.45, 7) is 2.97. The molecule has 23 heavy (non-hydrogen) atoms. The summed E-state index contributed by atoms with van der Waals surface area (Å²) in [5, 5.41) is 6.76. The molecule has 0 aliphatic carbocycles. The molecule has 0 spiro atoms. The number of halogens is 3. The summed E-state index contributed by atoms with van der Waals surface area (Å²) in [4.78, 5) is 36.1. The maximum atomic E-state index is 12.4. The molecule has 0 bridgehead atoms. The molecule has 0 aromatic carbocycles. The highest BCUT2D eigenvalue weighted by Crippen LogP contribution is 2.19. The molecule has 0 aromatic rings. The maximum absolute atomic E-state index is 12.4. The number of carbonyl (C=O) groups excluding carboxylic acids is 3. The average molecular weight is 338 g/mol. The van der Waals surface area contributed by atoms with Crippen molar-refractivity contribution in [3.8, 4) is 0 Å². The SMILES string of the molecule is CNC(=O)NC1CCCN(C(=O)C(C)(C)NC(=O)C(F)(F)F)C1. The van der Waals surface area contributed by atoms with Gasteiger partial charge in [-0.2, -0.15) is 13.2 Å². The standard InChI is InChI=1S/C13H21F3N4O3/c1-12(2,19-9(21)13(14,15)16)10(22)20-6-4-5-8(7-20)18-11(23)17-3/h8H,4-7H2,1-3H3,(H,19,21)(H2,17,18,23). The predicted molar refractivity (Wildman–Crippen MR) is 75.5 cm³/mol. The first-order valence-electron chi connectivity index (χ1n) is 7.14. The fourth-order valence-corrected chi connectivity index (χ4v) is 2.34. The lowest BCUT2D eigenvalue weighted by molar-refractivity contribution is -0.176. The third-order valence-corrected chi connectivity index (χ3v) is 3.49. The number of likely N-dealkylation sites (tertiary alicyclic amines) is 1. The number of nitrogens with zero attached hydrogens (tertiary/aromatic N) is 1. The van der Waals surface area contributed by atoms with Crippen LogP contribution in [0, 0.1) is 0 Å². The first-order valence-corrected chi connectivity index (χ1v) is 7.14. The van der Waals surface area contributed by atoms with Gasteiger partial charge in [0.15, 0.2) is 0 Å². The third-order valence-electron chi connectivity index (χ3n) is 3.49. The van der Waals surface area contributed by atoms with Crippen molar-refractivity contribution in [1.29, 1.82) is 0 Å². The van der Waals surface area contributed by atoms with E-state index < -0.39 is 29.6 Å². The molecule has 0 aromatic heterocycles. The molecule has 1 fully saturated rings. The second-order valence-electron chi connectivity index (χ2n) is 5.89. The monoisotopic (exact) mass is 338 g/mol. The Labute approximate surface area is 132 Å². The van der Waals surface area contributed by atoms with Gasteiger partial charge in [-0.15, -0.1) is 0 Å². The summed E-state index contributed by atoms with van der Waals surface area (Å²) in [7, 11) is 1.46. The van der Waals surface area contributed by atoms with E-state index in [2.05, 4.69) is 10.6 Å². The molecule has 3 N–H and O–H groups in total. The highest BCUT2D eigenvalue weighted by atomic mass is 19.4. The van der Waals surface area contributed by atoms with Crippen LogP contribution in [0.4, 0.5) is 18.0 Å². The zero-order valence-corrected chi connectivity index (χ0v) is 13.2. The van der Waals surface area contributed by atoms with Crippen LogP contribution < -0.4 is 16.0 Å². The van der Waals surface area contributed by atoms with Crippen LogP contribution in [-0.2, 0) is 9.59 Å². The minimum absolute atomic E-state index is 0.178. The Hall–Kier alpha value is -2.00. The van der Waals surface area contributed by atoms with Crippen LogP contribution in [0.3, 0.4) is 0 Å². The Morgan fingerprint density at radius 2 is 1.78 bits per heavy atom. The number of hydrogen-bond acceptors (Lipinski definition) is 3. The van der Waals surface area contributed by atoms with Crippen LogP contribution in [0.1, 0.15) is 26.7 Å². The Kier molecular flexibility index (Phi) is 5.84. The van der Waals surface area contributed by atoms with Gasteiger partial charge in [-0.1, -0.05) is 0 Å². The molecule has 132 valence electrons. The molecule has 1 aliphatic rings. The van der Waals surface area contributed by atoms with Crippen LogP contribution in [-0.4, -0.2) is 60.6 Å². The zero-order valence-electron chi connectivity index (χ0n) is 13.2. The number of hydrogen-bond donors (Lipinski definition) is 3. The van der Waals surface area contributed by atoms with Crippen molar-refractivity contribution in [2.75, 3.05) is 20.1 Å². The molecule has 10 heteroatoms. The van der Waals surface area contributed by atoms with E-state index in [1.54, 1.807) is 5.32 Å². The maximum Gasteiger partial charge on any atom is 0.471 e. The van der Waals surface area contributed by atoms with Gasteiger partial charge in [-0.25, -0.2) is 4.79 Å². The topological polar surface area (TPSA) is 90.5 Å². The van der Waals surface area contributed by atoms with E-state index in [9.17, 15) is 27.6 Å². The van der Waals surface area contributed by atoms with E-state index in [0.29, 0.717) is 19.4 Å². The second kappa shape index (κ2) is 7.05. The quantitative estimate of drug-likeness (QED) is 0.694. The van der Waals surface area contributed by atoms with Crippen molar-refractivity contribution in [3.63, 3.8) is 0 Å². The van der Waals surface area contributed by atoms with Crippen molar-refractivity contribution in [1.82, 2.24) is 20.9 Å². The molecule has 1 unspecified atom stereocenters. The van der Waals surface area contributed by atoms with E-state index in [4.69, 9.17) is 0 Å². The van der Waals surface area contributed by atoms with Gasteiger partial charge in [0.25, 0.3) is 0 Å². The summed E-state index contributed by atoms with van der Waals surface area (Å²) in [6, 6.07) is -0.685. The normalized spacial score (nSPS) is 19.0. The van der Waals surface area contributed by atoms with Crippen molar-refractivity contribution in [3.05, 3.63) is 0 Å². The first kappa shape index (κ1) is 19.0. The molecular formula is C13H21F3N4O3. The molecule has 0 saturated carbocycles. The van der Waals surface area contributed by atoms with Crippen LogP contribution in [0.15, 0.2) is 0 Å². The van der Waals surface area contributed by atoms with Crippen LogP contribution >= 0.6 is 0 Å². The van der Waals surface area contributed by atoms with Gasteiger partial charge in [0, 0.05) is 26.2 Å². The molecular weight excluding hydrogens is 317 g/mol. The fourth-order valence-electron chi connectivity index (χ4n) is 2.34. The van der Waals surface area contributed by atoms with Crippen molar-refractivity contribution < 1.29 is 27.6 Å². The second-order valence-corrected chi connectivity index (χ2v) is 5.89. The average Bonchev–Trinajstić information content (AvgIpc) is 2.45. The molecule has 1 atom stereocenters. The molecule has 7 nitrogen and oxygen atoms in total. The minimum Gasteiger partial charge on any atom is -0.341 e. The predicted octanol–water partition coefficient (Wildman–Crippen LogP) is 0.364. The molecule has 0 radical (unpaired) electrons. The number of carbonyl (C=O) groups is 3. The fraction of sp³-hybridized carbons (Fsp3) is 0.769. The zero-order chi connectivity index (χ0) is 17.8. The van der Waals surface area contributed by atoms with Crippen LogP contribution in [0.5, 0.6) is 0 Å². The Morgan fingerprint density at radius 1 is 1.17 bits per heavy atom. The van der Waals surface area contributed by atoms with E-state index in [0.717, 1.165) is 0 Å². The lowest BCUT2D eigenvalue weighted by Gasteiger charge is -2.38. The van der Waals surface area contributed by atoms with Gasteiger partial charge in [0.1, 0.15) is 5.54 Å². The summed E-state index contributed by atoms with van der Waals surface area (Å²) in [6.07, 6.45) is -3.79. The van der Waals surface area contributed by atoms with Gasteiger partial charge < -0.3 is 20.9 Å². The number of amides is 4. The first-order chi connectivity index (χ1) is 10.5. The van der Waals surface area contributed by atoms with Crippen LogP contribution in [0.25, 0.3) is 0 Å². The number of rotatable bonds is 3. The van der Waals surface area contributed by atoms with E-state index in [-0.39, 0.29) is 12.6 Å². The number of piperidine rings is 1. The van der Waals surface area contributed by atoms with E-state index in [1.807, 2.05) is 0 Å². The minimum atomic E-state index is -5.05. The van der Waals surface area contributed by atoms with Gasteiger partial charge in [0.05, 0.1) is 0 Å². The van der Waals surface area contributed by atoms with Crippen molar-refractivity contribution in [2.24, 2.45) is 0 Å². The van der Waals surface area contributed by atoms with Gasteiger partial charge in [-0.3, -0.25) is 9.59 Å². The Morgan fingerprint density at radius 3 is 2.30 bits per heavy atom. The van der Waals surface area contributed by atoms with E-state index in [1.165, 1.54) is 25.8 Å². The van der Waals surface area contributed by atoms with Gasteiger partial charge in [-0.05, 0) is 26.7 Å².